The number of non-ortho nitro benzene ring substituents is 1. The fourth-order valence-electron chi connectivity index (χ4n) is 3.35. The van der Waals surface area contributed by atoms with Gasteiger partial charge >= 0.3 is 0 Å². The topological polar surface area (TPSA) is 75.9 Å². The Hall–Kier alpha value is -3.56. The van der Waals surface area contributed by atoms with E-state index >= 15 is 0 Å². The zero-order valence-electron chi connectivity index (χ0n) is 17.5. The van der Waals surface area contributed by atoms with Crippen molar-refractivity contribution in [2.45, 2.75) is 6.61 Å². The molecule has 0 atom stereocenters. The van der Waals surface area contributed by atoms with E-state index in [4.69, 9.17) is 17.0 Å². The first-order valence-electron chi connectivity index (χ1n) is 9.90. The molecule has 0 radical (unpaired) electrons. The number of ether oxygens (including phenoxy) is 1. The van der Waals surface area contributed by atoms with Crippen LogP contribution in [0.3, 0.4) is 0 Å². The molecule has 1 aliphatic rings. The van der Waals surface area contributed by atoms with Gasteiger partial charge in [0, 0.05) is 29.2 Å². The molecular weight excluding hydrogens is 506 g/mol. The molecule has 0 aromatic heterocycles. The van der Waals surface area contributed by atoms with Gasteiger partial charge in [-0.15, -0.1) is 0 Å². The molecule has 33 heavy (non-hydrogen) atoms. The Morgan fingerprint density at radius 2 is 1.79 bits per heavy atom. The van der Waals surface area contributed by atoms with Gasteiger partial charge in [-0.1, -0.05) is 34.1 Å². The fourth-order valence-corrected chi connectivity index (χ4v) is 4.01. The summed E-state index contributed by atoms with van der Waals surface area (Å²) in [6.45, 7) is 0.216. The molecule has 1 aliphatic heterocycles. The number of carbonyl (C=O) groups is 1. The SMILES string of the molecule is CN1C(=S)N(c2ccccc2)C(=O)/C1=C/c1cc(Br)ccc1OCc1ccc([N+](=O)[O-])cc1. The summed E-state index contributed by atoms with van der Waals surface area (Å²) in [7, 11) is 1.75. The molecule has 1 saturated heterocycles. The van der Waals surface area contributed by atoms with Gasteiger partial charge < -0.3 is 9.64 Å². The van der Waals surface area contributed by atoms with E-state index in [0.717, 1.165) is 10.0 Å². The summed E-state index contributed by atoms with van der Waals surface area (Å²) in [4.78, 5) is 26.8. The quantitative estimate of drug-likeness (QED) is 0.183. The van der Waals surface area contributed by atoms with Gasteiger partial charge in [-0.3, -0.25) is 19.8 Å². The summed E-state index contributed by atoms with van der Waals surface area (Å²) in [6, 6.07) is 20.9. The minimum Gasteiger partial charge on any atom is -0.488 e. The lowest BCUT2D eigenvalue weighted by Gasteiger charge is -2.16. The predicted octanol–water partition coefficient (Wildman–Crippen LogP) is 5.54. The van der Waals surface area contributed by atoms with Crippen LogP contribution in [0.25, 0.3) is 6.08 Å². The third-order valence-corrected chi connectivity index (χ3v) is 6.03. The number of carbonyl (C=O) groups excluding carboxylic acids is 1. The lowest BCUT2D eigenvalue weighted by Crippen LogP contribution is -2.30. The maximum absolute atomic E-state index is 13.2. The molecule has 1 heterocycles. The molecule has 3 aromatic rings. The Morgan fingerprint density at radius 1 is 1.09 bits per heavy atom. The first-order valence-corrected chi connectivity index (χ1v) is 11.1. The van der Waals surface area contributed by atoms with Crippen LogP contribution in [0.15, 0.2) is 83.0 Å². The minimum atomic E-state index is -0.443. The number of halogens is 1. The standard InChI is InChI=1S/C24H18BrN3O4S/c1-26-21(23(29)27(24(26)33)19-5-3-2-4-6-19)14-17-13-18(25)9-12-22(17)32-15-16-7-10-20(11-8-16)28(30)31/h2-14H,15H2,1H3/b21-14-. The predicted molar refractivity (Wildman–Crippen MR) is 134 cm³/mol. The maximum atomic E-state index is 13.2. The Morgan fingerprint density at radius 3 is 2.45 bits per heavy atom. The number of rotatable bonds is 6. The van der Waals surface area contributed by atoms with Crippen LogP contribution in [0, 0.1) is 10.1 Å². The number of nitrogens with zero attached hydrogens (tertiary/aromatic N) is 3. The van der Waals surface area contributed by atoms with Crippen LogP contribution < -0.4 is 9.64 Å². The van der Waals surface area contributed by atoms with E-state index in [2.05, 4.69) is 15.9 Å². The van der Waals surface area contributed by atoms with Gasteiger partial charge in [-0.05, 0) is 66.3 Å². The molecule has 1 amide bonds. The van der Waals surface area contributed by atoms with Crippen molar-refractivity contribution in [1.29, 1.82) is 0 Å². The Labute approximate surface area is 204 Å². The molecule has 3 aromatic carbocycles. The van der Waals surface area contributed by atoms with Crippen LogP contribution in [0.2, 0.25) is 0 Å². The first kappa shape index (κ1) is 22.6. The van der Waals surface area contributed by atoms with Crippen LogP contribution in [0.1, 0.15) is 11.1 Å². The number of benzene rings is 3. The van der Waals surface area contributed by atoms with Gasteiger partial charge in [0.2, 0.25) is 0 Å². The minimum absolute atomic E-state index is 0.0227. The first-order chi connectivity index (χ1) is 15.8. The maximum Gasteiger partial charge on any atom is 0.281 e. The summed E-state index contributed by atoms with van der Waals surface area (Å²) in [6.07, 6.45) is 1.74. The van der Waals surface area contributed by atoms with E-state index in [1.165, 1.54) is 17.0 Å². The van der Waals surface area contributed by atoms with Crippen LogP contribution in [-0.4, -0.2) is 27.9 Å². The van der Waals surface area contributed by atoms with E-state index in [0.29, 0.717) is 27.8 Å². The zero-order chi connectivity index (χ0) is 23.5. The normalized spacial score (nSPS) is 14.8. The Bertz CT molecular complexity index is 1260. The number of anilines is 1. The highest BCUT2D eigenvalue weighted by Crippen LogP contribution is 2.31. The third kappa shape index (κ3) is 4.79. The van der Waals surface area contributed by atoms with Crippen molar-refractivity contribution in [3.05, 3.63) is 104 Å². The zero-order valence-corrected chi connectivity index (χ0v) is 19.9. The van der Waals surface area contributed by atoms with Gasteiger partial charge in [0.1, 0.15) is 18.1 Å². The van der Waals surface area contributed by atoms with Crippen LogP contribution in [0.4, 0.5) is 11.4 Å². The lowest BCUT2D eigenvalue weighted by molar-refractivity contribution is -0.384. The molecule has 0 aliphatic carbocycles. The van der Waals surface area contributed by atoms with Crippen molar-refractivity contribution in [1.82, 2.24) is 4.90 Å². The number of thiocarbonyl (C=S) groups is 1. The van der Waals surface area contributed by atoms with Gasteiger partial charge in [-0.2, -0.15) is 0 Å². The second-order valence-electron chi connectivity index (χ2n) is 7.24. The molecule has 0 N–H and O–H groups in total. The fraction of sp³-hybridized carbons (Fsp3) is 0.0833. The molecule has 0 unspecified atom stereocenters. The highest BCUT2D eigenvalue weighted by atomic mass is 79.9. The number of nitro benzene ring substituents is 1. The molecule has 0 bridgehead atoms. The number of hydrogen-bond donors (Lipinski definition) is 0. The molecule has 0 spiro atoms. The van der Waals surface area contributed by atoms with Crippen LogP contribution >= 0.6 is 28.1 Å². The van der Waals surface area contributed by atoms with E-state index in [1.54, 1.807) is 36.2 Å². The summed E-state index contributed by atoms with van der Waals surface area (Å²) in [5, 5.41) is 11.2. The monoisotopic (exact) mass is 523 g/mol. The van der Waals surface area contributed by atoms with Crippen LogP contribution in [-0.2, 0) is 11.4 Å². The largest absolute Gasteiger partial charge is 0.488 e. The van der Waals surface area contributed by atoms with Crippen molar-refractivity contribution in [2.24, 2.45) is 0 Å². The van der Waals surface area contributed by atoms with Crippen molar-refractivity contribution in [3.63, 3.8) is 0 Å². The molecule has 4 rings (SSSR count). The highest BCUT2D eigenvalue weighted by Gasteiger charge is 2.36. The van der Waals surface area contributed by atoms with Gasteiger partial charge in [0.15, 0.2) is 5.11 Å². The summed E-state index contributed by atoms with van der Waals surface area (Å²) >= 11 is 8.99. The van der Waals surface area contributed by atoms with Crippen molar-refractivity contribution in [3.8, 4) is 5.75 Å². The highest BCUT2D eigenvalue weighted by molar-refractivity contribution is 9.10. The smallest absolute Gasteiger partial charge is 0.281 e. The van der Waals surface area contributed by atoms with Crippen molar-refractivity contribution in [2.75, 3.05) is 11.9 Å². The number of likely N-dealkylation sites (N-methyl/N-ethyl adjacent to an activating group) is 1. The van der Waals surface area contributed by atoms with E-state index in [1.807, 2.05) is 42.5 Å². The van der Waals surface area contributed by atoms with Gasteiger partial charge in [0.25, 0.3) is 11.6 Å². The number of para-hydroxylation sites is 1. The molecule has 7 nitrogen and oxygen atoms in total. The molecule has 1 fully saturated rings. The van der Waals surface area contributed by atoms with Crippen molar-refractivity contribution < 1.29 is 14.5 Å². The Kier molecular flexibility index (Phi) is 6.52. The number of hydrogen-bond acceptors (Lipinski definition) is 5. The average molecular weight is 524 g/mol. The average Bonchev–Trinajstić information content (AvgIpc) is 3.02. The van der Waals surface area contributed by atoms with Gasteiger partial charge in [-0.25, -0.2) is 0 Å². The van der Waals surface area contributed by atoms with Crippen LogP contribution in [0.5, 0.6) is 5.75 Å². The third-order valence-electron chi connectivity index (χ3n) is 5.08. The second-order valence-corrected chi connectivity index (χ2v) is 8.52. The summed E-state index contributed by atoms with van der Waals surface area (Å²) < 4.78 is 6.81. The van der Waals surface area contributed by atoms with Crippen molar-refractivity contribution >= 4 is 56.6 Å². The molecule has 0 saturated carbocycles. The van der Waals surface area contributed by atoms with Gasteiger partial charge in [0.05, 0.1) is 10.6 Å². The number of nitro groups is 1. The molecular formula is C24H18BrN3O4S. The molecule has 166 valence electrons. The van der Waals surface area contributed by atoms with E-state index < -0.39 is 4.92 Å². The Balaban J connectivity index is 1.61. The summed E-state index contributed by atoms with van der Waals surface area (Å²) in [5.41, 5.74) is 2.62. The molecule has 9 heteroatoms. The lowest BCUT2D eigenvalue weighted by atomic mass is 10.1. The van der Waals surface area contributed by atoms with E-state index in [9.17, 15) is 14.9 Å². The summed E-state index contributed by atoms with van der Waals surface area (Å²) in [5.74, 6) is 0.337. The van der Waals surface area contributed by atoms with E-state index in [-0.39, 0.29) is 18.2 Å². The second kappa shape index (κ2) is 9.51. The number of amides is 1.